The van der Waals surface area contributed by atoms with Crippen LogP contribution < -0.4 is 5.73 Å². The number of hydrogen-bond donors (Lipinski definition) is 2. The Hall–Kier alpha value is -0.610. The second kappa shape index (κ2) is 6.90. The van der Waals surface area contributed by atoms with E-state index >= 15 is 0 Å². The lowest BCUT2D eigenvalue weighted by Gasteiger charge is -2.31. The van der Waals surface area contributed by atoms with Crippen molar-refractivity contribution < 1.29 is 9.90 Å². The number of carboxylic acids is 1. The SMILES string of the molecule is CN(CCC1CCCC1(N)C(=O)O)C1CCCCCC1. The first-order chi connectivity index (χ1) is 9.54. The van der Waals surface area contributed by atoms with Gasteiger partial charge in [0.05, 0.1) is 0 Å². The molecule has 4 heteroatoms. The molecule has 0 amide bonds. The summed E-state index contributed by atoms with van der Waals surface area (Å²) in [5.74, 6) is -0.662. The van der Waals surface area contributed by atoms with E-state index in [0.29, 0.717) is 12.5 Å². The van der Waals surface area contributed by atoms with Crippen molar-refractivity contribution in [3.63, 3.8) is 0 Å². The van der Waals surface area contributed by atoms with Crippen LogP contribution in [0.5, 0.6) is 0 Å². The van der Waals surface area contributed by atoms with Crippen LogP contribution in [0, 0.1) is 5.92 Å². The summed E-state index contributed by atoms with van der Waals surface area (Å²) >= 11 is 0. The molecule has 0 radical (unpaired) electrons. The molecule has 0 heterocycles. The van der Waals surface area contributed by atoms with Crippen molar-refractivity contribution in [1.29, 1.82) is 0 Å². The lowest BCUT2D eigenvalue weighted by molar-refractivity contribution is -0.144. The number of nitrogens with zero attached hydrogens (tertiary/aromatic N) is 1. The summed E-state index contributed by atoms with van der Waals surface area (Å²) in [5.41, 5.74) is 5.15. The molecule has 0 aromatic heterocycles. The summed E-state index contributed by atoms with van der Waals surface area (Å²) in [7, 11) is 2.20. The normalized spacial score (nSPS) is 32.5. The monoisotopic (exact) mass is 282 g/mol. The highest BCUT2D eigenvalue weighted by Crippen LogP contribution is 2.36. The standard InChI is InChI=1S/C16H30N2O2/c1-18(14-8-4-2-3-5-9-14)12-10-13-7-6-11-16(13,17)15(19)20/h13-14H,2-12,17H2,1H3,(H,19,20). The highest BCUT2D eigenvalue weighted by atomic mass is 16.4. The summed E-state index contributed by atoms with van der Waals surface area (Å²) in [6, 6.07) is 0.691. The second-order valence-electron chi connectivity index (χ2n) is 6.85. The first kappa shape index (κ1) is 15.8. The van der Waals surface area contributed by atoms with Gasteiger partial charge in [-0.2, -0.15) is 0 Å². The average molecular weight is 282 g/mol. The molecule has 2 aliphatic carbocycles. The van der Waals surface area contributed by atoms with Gasteiger partial charge in [0.1, 0.15) is 5.54 Å². The van der Waals surface area contributed by atoms with E-state index in [-0.39, 0.29) is 5.92 Å². The van der Waals surface area contributed by atoms with E-state index in [9.17, 15) is 9.90 Å². The van der Waals surface area contributed by atoms with Gasteiger partial charge in [-0.25, -0.2) is 0 Å². The number of carbonyl (C=O) groups is 1. The van der Waals surface area contributed by atoms with E-state index in [1.807, 2.05) is 0 Å². The third-order valence-electron chi connectivity index (χ3n) is 5.55. The molecule has 0 aromatic rings. The lowest BCUT2D eigenvalue weighted by atomic mass is 9.85. The van der Waals surface area contributed by atoms with Crippen LogP contribution >= 0.6 is 0 Å². The summed E-state index contributed by atoms with van der Waals surface area (Å²) in [6.45, 7) is 0.988. The molecule has 2 rings (SSSR count). The van der Waals surface area contributed by atoms with Gasteiger partial charge < -0.3 is 15.7 Å². The predicted molar refractivity (Wildman–Crippen MR) is 80.6 cm³/mol. The van der Waals surface area contributed by atoms with Crippen LogP contribution in [0.15, 0.2) is 0 Å². The Morgan fingerprint density at radius 1 is 1.20 bits per heavy atom. The zero-order chi connectivity index (χ0) is 14.6. The Kier molecular flexibility index (Phi) is 5.44. The van der Waals surface area contributed by atoms with Gasteiger partial charge in [-0.05, 0) is 51.6 Å². The minimum absolute atomic E-state index is 0.147. The van der Waals surface area contributed by atoms with E-state index in [4.69, 9.17) is 5.73 Å². The van der Waals surface area contributed by atoms with Crippen LogP contribution in [-0.2, 0) is 4.79 Å². The number of carboxylic acid groups (broad SMARTS) is 1. The van der Waals surface area contributed by atoms with Gasteiger partial charge >= 0.3 is 5.97 Å². The minimum Gasteiger partial charge on any atom is -0.480 e. The molecular weight excluding hydrogens is 252 g/mol. The summed E-state index contributed by atoms with van der Waals surface area (Å²) in [6.07, 6.45) is 11.5. The maximum atomic E-state index is 11.4. The van der Waals surface area contributed by atoms with E-state index in [1.54, 1.807) is 0 Å². The molecule has 0 bridgehead atoms. The Morgan fingerprint density at radius 3 is 2.45 bits per heavy atom. The first-order valence-electron chi connectivity index (χ1n) is 8.26. The van der Waals surface area contributed by atoms with E-state index < -0.39 is 11.5 Å². The Morgan fingerprint density at radius 2 is 1.85 bits per heavy atom. The number of rotatable bonds is 5. The van der Waals surface area contributed by atoms with Crippen molar-refractivity contribution >= 4 is 5.97 Å². The van der Waals surface area contributed by atoms with E-state index in [2.05, 4.69) is 11.9 Å². The van der Waals surface area contributed by atoms with Crippen LogP contribution in [0.4, 0.5) is 0 Å². The maximum absolute atomic E-state index is 11.4. The Labute approximate surface area is 122 Å². The minimum atomic E-state index is -0.968. The third-order valence-corrected chi connectivity index (χ3v) is 5.55. The third kappa shape index (κ3) is 3.53. The molecule has 116 valence electrons. The topological polar surface area (TPSA) is 66.6 Å². The van der Waals surface area contributed by atoms with Crippen molar-refractivity contribution in [2.45, 2.75) is 75.8 Å². The van der Waals surface area contributed by atoms with Gasteiger partial charge in [0.15, 0.2) is 0 Å². The fraction of sp³-hybridized carbons (Fsp3) is 0.938. The molecular formula is C16H30N2O2. The lowest BCUT2D eigenvalue weighted by Crippen LogP contribution is -2.51. The van der Waals surface area contributed by atoms with Crippen LogP contribution in [0.1, 0.15) is 64.2 Å². The molecule has 0 aromatic carbocycles. The summed E-state index contributed by atoms with van der Waals surface area (Å²) < 4.78 is 0. The van der Waals surface area contributed by atoms with Crippen LogP contribution in [0.3, 0.4) is 0 Å². The zero-order valence-corrected chi connectivity index (χ0v) is 12.8. The van der Waals surface area contributed by atoms with Crippen LogP contribution in [0.2, 0.25) is 0 Å². The molecule has 2 unspecified atom stereocenters. The molecule has 0 aliphatic heterocycles. The van der Waals surface area contributed by atoms with Gasteiger partial charge in [0, 0.05) is 6.04 Å². The molecule has 2 saturated carbocycles. The number of hydrogen-bond acceptors (Lipinski definition) is 3. The summed E-state index contributed by atoms with van der Waals surface area (Å²) in [5, 5.41) is 9.36. The van der Waals surface area contributed by atoms with Gasteiger partial charge in [-0.15, -0.1) is 0 Å². The van der Waals surface area contributed by atoms with E-state index in [0.717, 1.165) is 25.8 Å². The fourth-order valence-corrected chi connectivity index (χ4v) is 4.03. The van der Waals surface area contributed by atoms with Gasteiger partial charge in [0.2, 0.25) is 0 Å². The maximum Gasteiger partial charge on any atom is 0.323 e. The first-order valence-corrected chi connectivity index (χ1v) is 8.26. The molecule has 4 nitrogen and oxygen atoms in total. The van der Waals surface area contributed by atoms with Crippen molar-refractivity contribution in [3.8, 4) is 0 Å². The quantitative estimate of drug-likeness (QED) is 0.761. The molecule has 0 saturated heterocycles. The summed E-state index contributed by atoms with van der Waals surface area (Å²) in [4.78, 5) is 13.8. The fourth-order valence-electron chi connectivity index (χ4n) is 4.03. The van der Waals surface area contributed by atoms with Gasteiger partial charge in [-0.3, -0.25) is 4.79 Å². The molecule has 2 aliphatic rings. The Bertz CT molecular complexity index is 326. The highest BCUT2D eigenvalue weighted by Gasteiger charge is 2.45. The van der Waals surface area contributed by atoms with Crippen molar-refractivity contribution in [3.05, 3.63) is 0 Å². The van der Waals surface area contributed by atoms with E-state index in [1.165, 1.54) is 38.5 Å². The zero-order valence-electron chi connectivity index (χ0n) is 12.8. The molecule has 2 atom stereocenters. The van der Waals surface area contributed by atoms with Crippen molar-refractivity contribution in [2.75, 3.05) is 13.6 Å². The van der Waals surface area contributed by atoms with Crippen LogP contribution in [0.25, 0.3) is 0 Å². The molecule has 20 heavy (non-hydrogen) atoms. The number of nitrogens with two attached hydrogens (primary N) is 1. The number of aliphatic carboxylic acids is 1. The highest BCUT2D eigenvalue weighted by molar-refractivity contribution is 5.79. The Balaban J connectivity index is 1.83. The average Bonchev–Trinajstić information content (AvgIpc) is 2.65. The van der Waals surface area contributed by atoms with Crippen molar-refractivity contribution in [1.82, 2.24) is 4.90 Å². The molecule has 0 spiro atoms. The smallest absolute Gasteiger partial charge is 0.323 e. The predicted octanol–water partition coefficient (Wildman–Crippen LogP) is 2.61. The second-order valence-corrected chi connectivity index (χ2v) is 6.85. The van der Waals surface area contributed by atoms with Gasteiger partial charge in [0.25, 0.3) is 0 Å². The van der Waals surface area contributed by atoms with Crippen LogP contribution in [-0.4, -0.2) is 41.1 Å². The molecule has 3 N–H and O–H groups in total. The molecule has 2 fully saturated rings. The largest absolute Gasteiger partial charge is 0.480 e. The van der Waals surface area contributed by atoms with Gasteiger partial charge in [-0.1, -0.05) is 32.1 Å². The van der Waals surface area contributed by atoms with Crippen molar-refractivity contribution in [2.24, 2.45) is 11.7 Å².